The van der Waals surface area contributed by atoms with Gasteiger partial charge in [0.15, 0.2) is 0 Å². The molecule has 0 fully saturated rings. The summed E-state index contributed by atoms with van der Waals surface area (Å²) in [6, 6.07) is 12.6. The van der Waals surface area contributed by atoms with Crippen LogP contribution in [0.5, 0.6) is 0 Å². The average Bonchev–Trinajstić information content (AvgIpc) is 3.23. The molecule has 0 unspecified atom stereocenters. The number of aromatic nitrogens is 1. The molecule has 0 aliphatic carbocycles. The first-order chi connectivity index (χ1) is 13.5. The topological polar surface area (TPSA) is 82.3 Å². The number of benzene rings is 2. The van der Waals surface area contributed by atoms with Gasteiger partial charge in [0.2, 0.25) is 0 Å². The molecule has 3 aromatic rings. The van der Waals surface area contributed by atoms with Gasteiger partial charge in [-0.2, -0.15) is 0 Å². The lowest BCUT2D eigenvalue weighted by Crippen LogP contribution is -2.35. The Morgan fingerprint density at radius 1 is 1.04 bits per heavy atom. The maximum atomic E-state index is 12.5. The summed E-state index contributed by atoms with van der Waals surface area (Å²) in [6.45, 7) is 4.07. The smallest absolute Gasteiger partial charge is 0.261 e. The Morgan fingerprint density at radius 2 is 1.82 bits per heavy atom. The van der Waals surface area contributed by atoms with Crippen LogP contribution < -0.4 is 5.32 Å². The fourth-order valence-corrected chi connectivity index (χ4v) is 3.55. The first-order valence-electron chi connectivity index (χ1n) is 9.32. The zero-order valence-electron chi connectivity index (χ0n) is 15.8. The molecule has 2 N–H and O–H groups in total. The summed E-state index contributed by atoms with van der Waals surface area (Å²) in [5, 5.41) is 4.02. The molecule has 0 atom stereocenters. The SMILES string of the molecule is CC(C)N1C(=O)c2ccc(C(=O)NCCc3ccc4[nH]ccc4c3)cc2C1=O. The van der Waals surface area contributed by atoms with Crippen molar-refractivity contribution in [2.24, 2.45) is 0 Å². The number of rotatable bonds is 5. The molecule has 28 heavy (non-hydrogen) atoms. The fourth-order valence-electron chi connectivity index (χ4n) is 3.55. The van der Waals surface area contributed by atoms with E-state index < -0.39 is 0 Å². The zero-order valence-corrected chi connectivity index (χ0v) is 15.8. The Bertz CT molecular complexity index is 1100. The molecule has 0 saturated carbocycles. The second kappa shape index (κ2) is 6.96. The monoisotopic (exact) mass is 375 g/mol. The first-order valence-corrected chi connectivity index (χ1v) is 9.32. The molecule has 3 amide bonds. The quantitative estimate of drug-likeness (QED) is 0.672. The minimum absolute atomic E-state index is 0.220. The summed E-state index contributed by atoms with van der Waals surface area (Å²) >= 11 is 0. The number of hydrogen-bond acceptors (Lipinski definition) is 3. The van der Waals surface area contributed by atoms with Crippen LogP contribution in [-0.4, -0.2) is 40.2 Å². The lowest BCUT2D eigenvalue weighted by Gasteiger charge is -2.17. The summed E-state index contributed by atoms with van der Waals surface area (Å²) in [7, 11) is 0. The van der Waals surface area contributed by atoms with Crippen molar-refractivity contribution in [3.63, 3.8) is 0 Å². The van der Waals surface area contributed by atoms with Gasteiger partial charge in [-0.3, -0.25) is 19.3 Å². The van der Waals surface area contributed by atoms with Crippen LogP contribution in [0, 0.1) is 0 Å². The number of aromatic amines is 1. The second-order valence-corrected chi connectivity index (χ2v) is 7.24. The van der Waals surface area contributed by atoms with E-state index in [1.54, 1.807) is 26.0 Å². The third kappa shape index (κ3) is 3.07. The molecule has 1 aromatic heterocycles. The van der Waals surface area contributed by atoms with Crippen LogP contribution in [0.25, 0.3) is 10.9 Å². The van der Waals surface area contributed by atoms with Crippen LogP contribution in [0.15, 0.2) is 48.7 Å². The number of hydrogen-bond donors (Lipinski definition) is 2. The molecule has 1 aliphatic rings. The van der Waals surface area contributed by atoms with Crippen molar-refractivity contribution in [1.29, 1.82) is 0 Å². The van der Waals surface area contributed by atoms with Crippen molar-refractivity contribution in [3.05, 3.63) is 70.9 Å². The molecule has 0 spiro atoms. The zero-order chi connectivity index (χ0) is 19.8. The van der Waals surface area contributed by atoms with Gasteiger partial charge in [0.05, 0.1) is 11.1 Å². The number of imide groups is 1. The molecule has 0 saturated heterocycles. The summed E-state index contributed by atoms with van der Waals surface area (Å²) in [6.07, 6.45) is 2.60. The van der Waals surface area contributed by atoms with E-state index in [-0.39, 0.29) is 23.8 Å². The second-order valence-electron chi connectivity index (χ2n) is 7.24. The predicted molar refractivity (Wildman–Crippen MR) is 106 cm³/mol. The molecule has 0 bridgehead atoms. The maximum Gasteiger partial charge on any atom is 0.261 e. The van der Waals surface area contributed by atoms with Gasteiger partial charge in [0.1, 0.15) is 0 Å². The molecule has 1 aliphatic heterocycles. The van der Waals surface area contributed by atoms with Gasteiger partial charge in [-0.25, -0.2) is 0 Å². The number of amides is 3. The molecular formula is C22H21N3O3. The van der Waals surface area contributed by atoms with Crippen LogP contribution in [0.2, 0.25) is 0 Å². The van der Waals surface area contributed by atoms with Gasteiger partial charge in [-0.15, -0.1) is 0 Å². The van der Waals surface area contributed by atoms with Crippen molar-refractivity contribution in [3.8, 4) is 0 Å². The highest BCUT2D eigenvalue weighted by molar-refractivity contribution is 6.22. The molecule has 4 rings (SSSR count). The standard InChI is InChI=1S/C22H21N3O3/c1-13(2)25-21(27)17-5-4-16(12-18(17)22(25)28)20(26)24-9-7-14-3-6-19-15(11-14)8-10-23-19/h3-6,8,10-13,23H,7,9H2,1-2H3,(H,24,26). The average molecular weight is 375 g/mol. The van der Waals surface area contributed by atoms with Gasteiger partial charge in [0, 0.05) is 29.9 Å². The van der Waals surface area contributed by atoms with Crippen molar-refractivity contribution in [2.75, 3.05) is 6.54 Å². The Labute approximate surface area is 162 Å². The highest BCUT2D eigenvalue weighted by Gasteiger charge is 2.37. The van der Waals surface area contributed by atoms with E-state index in [0.29, 0.717) is 29.7 Å². The Kier molecular flexibility index (Phi) is 4.47. The normalized spacial score (nSPS) is 13.5. The molecule has 6 nitrogen and oxygen atoms in total. The minimum Gasteiger partial charge on any atom is -0.361 e. The van der Waals surface area contributed by atoms with Crippen molar-refractivity contribution in [2.45, 2.75) is 26.3 Å². The number of carbonyl (C=O) groups is 3. The highest BCUT2D eigenvalue weighted by atomic mass is 16.2. The van der Waals surface area contributed by atoms with E-state index in [1.165, 1.54) is 11.0 Å². The van der Waals surface area contributed by atoms with Crippen LogP contribution in [0.1, 0.15) is 50.5 Å². The predicted octanol–water partition coefficient (Wildman–Crippen LogP) is 3.14. The minimum atomic E-state index is -0.343. The number of nitrogens with one attached hydrogen (secondary N) is 2. The van der Waals surface area contributed by atoms with Gasteiger partial charge < -0.3 is 10.3 Å². The van der Waals surface area contributed by atoms with Gasteiger partial charge in [0.25, 0.3) is 17.7 Å². The summed E-state index contributed by atoms with van der Waals surface area (Å²) in [5.41, 5.74) is 3.25. The lowest BCUT2D eigenvalue weighted by atomic mass is 10.1. The number of nitrogens with zero attached hydrogens (tertiary/aromatic N) is 1. The highest BCUT2D eigenvalue weighted by Crippen LogP contribution is 2.25. The molecule has 2 heterocycles. The molecule has 142 valence electrons. The number of H-pyrrole nitrogens is 1. The fraction of sp³-hybridized carbons (Fsp3) is 0.227. The Hall–Kier alpha value is -3.41. The molecule has 0 radical (unpaired) electrons. The van der Waals surface area contributed by atoms with Crippen LogP contribution >= 0.6 is 0 Å². The summed E-state index contributed by atoms with van der Waals surface area (Å²) < 4.78 is 0. The molecule has 6 heteroatoms. The van der Waals surface area contributed by atoms with Crippen LogP contribution in [-0.2, 0) is 6.42 Å². The van der Waals surface area contributed by atoms with Crippen LogP contribution in [0.3, 0.4) is 0 Å². The van der Waals surface area contributed by atoms with Crippen molar-refractivity contribution >= 4 is 28.6 Å². The first kappa shape index (κ1) is 18.0. The van der Waals surface area contributed by atoms with Crippen molar-refractivity contribution in [1.82, 2.24) is 15.2 Å². The van der Waals surface area contributed by atoms with Gasteiger partial charge in [-0.1, -0.05) is 6.07 Å². The largest absolute Gasteiger partial charge is 0.361 e. The molecular weight excluding hydrogens is 354 g/mol. The van der Waals surface area contributed by atoms with E-state index in [0.717, 1.165) is 16.5 Å². The number of carbonyl (C=O) groups excluding carboxylic acids is 3. The molecule has 2 aromatic carbocycles. The van der Waals surface area contributed by atoms with E-state index in [4.69, 9.17) is 0 Å². The number of fused-ring (bicyclic) bond motifs is 2. The summed E-state index contributed by atoms with van der Waals surface area (Å²) in [4.78, 5) is 41.7. The maximum absolute atomic E-state index is 12.5. The third-order valence-electron chi connectivity index (χ3n) is 5.01. The van der Waals surface area contributed by atoms with E-state index in [2.05, 4.69) is 16.4 Å². The Balaban J connectivity index is 1.43. The van der Waals surface area contributed by atoms with Gasteiger partial charge >= 0.3 is 0 Å². The third-order valence-corrected chi connectivity index (χ3v) is 5.01. The Morgan fingerprint density at radius 3 is 2.61 bits per heavy atom. The van der Waals surface area contributed by atoms with Gasteiger partial charge in [-0.05, 0) is 67.6 Å². The van der Waals surface area contributed by atoms with E-state index in [1.807, 2.05) is 24.4 Å². The lowest BCUT2D eigenvalue weighted by molar-refractivity contribution is 0.0609. The van der Waals surface area contributed by atoms with Crippen molar-refractivity contribution < 1.29 is 14.4 Å². The van der Waals surface area contributed by atoms with Crippen LogP contribution in [0.4, 0.5) is 0 Å². The summed E-state index contributed by atoms with van der Waals surface area (Å²) in [5.74, 6) is -0.902. The van der Waals surface area contributed by atoms with E-state index >= 15 is 0 Å². The van der Waals surface area contributed by atoms with E-state index in [9.17, 15) is 14.4 Å².